The van der Waals surface area contributed by atoms with Gasteiger partial charge in [-0.25, -0.2) is 14.4 Å². The lowest BCUT2D eigenvalue weighted by Gasteiger charge is -2.26. The summed E-state index contributed by atoms with van der Waals surface area (Å²) in [6.07, 6.45) is 4.07. The van der Waals surface area contributed by atoms with Crippen molar-refractivity contribution in [3.8, 4) is 0 Å². The molecule has 2 aromatic heterocycles. The molecule has 1 aliphatic rings. The van der Waals surface area contributed by atoms with Gasteiger partial charge in [-0.3, -0.25) is 4.98 Å². The minimum absolute atomic E-state index is 0.252. The third kappa shape index (κ3) is 2.85. The Morgan fingerprint density at radius 2 is 2.19 bits per heavy atom. The smallest absolute Gasteiger partial charge is 0.146 e. The molecule has 2 aromatic rings. The fourth-order valence-electron chi connectivity index (χ4n) is 2.59. The molecule has 0 saturated heterocycles. The summed E-state index contributed by atoms with van der Waals surface area (Å²) in [5.74, 6) is 0.460. The number of nitrogens with zero attached hydrogens (tertiary/aromatic N) is 4. The molecule has 0 spiro atoms. The molecule has 21 heavy (non-hydrogen) atoms. The van der Waals surface area contributed by atoms with Crippen LogP contribution in [0.2, 0.25) is 0 Å². The summed E-state index contributed by atoms with van der Waals surface area (Å²) in [6, 6.07) is 2.76. The minimum atomic E-state index is -0.308. The van der Waals surface area contributed by atoms with Crippen molar-refractivity contribution < 1.29 is 4.39 Å². The van der Waals surface area contributed by atoms with Crippen molar-refractivity contribution in [2.45, 2.75) is 25.9 Å². The van der Waals surface area contributed by atoms with Crippen molar-refractivity contribution >= 4 is 5.82 Å². The molecule has 0 amide bonds. The second-order valence-electron chi connectivity index (χ2n) is 5.37. The molecular formula is C15H18FN5. The van der Waals surface area contributed by atoms with Crippen molar-refractivity contribution in [2.24, 2.45) is 0 Å². The van der Waals surface area contributed by atoms with Crippen LogP contribution >= 0.6 is 0 Å². The van der Waals surface area contributed by atoms with Crippen molar-refractivity contribution in [3.05, 3.63) is 47.4 Å². The van der Waals surface area contributed by atoms with Gasteiger partial charge in [-0.2, -0.15) is 0 Å². The van der Waals surface area contributed by atoms with Crippen molar-refractivity contribution in [1.82, 2.24) is 19.9 Å². The Morgan fingerprint density at radius 1 is 1.33 bits per heavy atom. The Bertz CT molecular complexity index is 646. The van der Waals surface area contributed by atoms with Crippen molar-refractivity contribution in [3.63, 3.8) is 0 Å². The lowest BCUT2D eigenvalue weighted by molar-refractivity contribution is 0.309. The molecule has 0 unspecified atom stereocenters. The number of nitrogens with one attached hydrogen (secondary N) is 1. The first kappa shape index (κ1) is 13.9. The summed E-state index contributed by atoms with van der Waals surface area (Å²) >= 11 is 0. The Balaban J connectivity index is 1.87. The summed E-state index contributed by atoms with van der Waals surface area (Å²) in [6.45, 7) is 3.68. The van der Waals surface area contributed by atoms with Crippen LogP contribution in [0.15, 0.2) is 24.7 Å². The van der Waals surface area contributed by atoms with Gasteiger partial charge in [0.15, 0.2) is 0 Å². The predicted molar refractivity (Wildman–Crippen MR) is 78.3 cm³/mol. The van der Waals surface area contributed by atoms with Gasteiger partial charge in [-0.15, -0.1) is 0 Å². The zero-order valence-electron chi connectivity index (χ0n) is 12.2. The molecule has 3 heterocycles. The lowest BCUT2D eigenvalue weighted by atomic mass is 10.1. The van der Waals surface area contributed by atoms with E-state index in [4.69, 9.17) is 0 Å². The van der Waals surface area contributed by atoms with E-state index in [1.807, 2.05) is 6.92 Å². The first-order valence-electron chi connectivity index (χ1n) is 7.03. The number of halogens is 1. The van der Waals surface area contributed by atoms with Crippen LogP contribution < -0.4 is 5.32 Å². The van der Waals surface area contributed by atoms with Crippen LogP contribution in [-0.2, 0) is 13.0 Å². The van der Waals surface area contributed by atoms with Crippen LogP contribution in [0.1, 0.15) is 29.9 Å². The van der Waals surface area contributed by atoms with Crippen molar-refractivity contribution in [2.75, 3.05) is 18.9 Å². The van der Waals surface area contributed by atoms with E-state index in [1.54, 1.807) is 18.6 Å². The highest BCUT2D eigenvalue weighted by Gasteiger charge is 2.20. The fraction of sp³-hybridized carbons (Fsp3) is 0.400. The van der Waals surface area contributed by atoms with E-state index >= 15 is 0 Å². The third-order valence-corrected chi connectivity index (χ3v) is 3.74. The molecule has 5 nitrogen and oxygen atoms in total. The summed E-state index contributed by atoms with van der Waals surface area (Å²) in [4.78, 5) is 15.0. The third-order valence-electron chi connectivity index (χ3n) is 3.74. The van der Waals surface area contributed by atoms with Crippen molar-refractivity contribution in [1.29, 1.82) is 0 Å². The first-order valence-corrected chi connectivity index (χ1v) is 7.03. The second-order valence-corrected chi connectivity index (χ2v) is 5.37. The molecule has 0 bridgehead atoms. The molecule has 6 heteroatoms. The van der Waals surface area contributed by atoms with E-state index in [9.17, 15) is 4.39 Å². The standard InChI is InChI=1S/C15H18FN5/c1-10(14-12(16)4-3-6-17-14)20-15-11-8-21(2)7-5-13(11)18-9-19-15/h3-4,6,9-10H,5,7-8H2,1-2H3,(H,18,19,20)/t10-/m1/s1. The summed E-state index contributed by atoms with van der Waals surface area (Å²) in [5.41, 5.74) is 2.56. The fourth-order valence-corrected chi connectivity index (χ4v) is 2.59. The molecule has 0 saturated carbocycles. The average Bonchev–Trinajstić information content (AvgIpc) is 2.48. The molecule has 1 N–H and O–H groups in total. The van der Waals surface area contributed by atoms with E-state index in [2.05, 4.69) is 32.2 Å². The molecule has 0 fully saturated rings. The van der Waals surface area contributed by atoms with E-state index in [0.29, 0.717) is 5.69 Å². The number of hydrogen-bond acceptors (Lipinski definition) is 5. The summed E-state index contributed by atoms with van der Waals surface area (Å²) in [7, 11) is 2.07. The number of rotatable bonds is 3. The van der Waals surface area contributed by atoms with E-state index in [1.165, 1.54) is 6.07 Å². The maximum absolute atomic E-state index is 13.8. The molecule has 1 aliphatic heterocycles. The van der Waals surface area contributed by atoms with Gasteiger partial charge in [0.2, 0.25) is 0 Å². The normalized spacial score (nSPS) is 16.3. The summed E-state index contributed by atoms with van der Waals surface area (Å²) in [5, 5.41) is 3.27. The molecule has 0 radical (unpaired) electrons. The van der Waals surface area contributed by atoms with Crippen LogP contribution in [0.4, 0.5) is 10.2 Å². The van der Waals surface area contributed by atoms with Gasteiger partial charge in [-0.05, 0) is 26.1 Å². The molecular weight excluding hydrogens is 269 g/mol. The number of likely N-dealkylation sites (N-methyl/N-ethyl adjacent to an activating group) is 1. The highest BCUT2D eigenvalue weighted by molar-refractivity contribution is 5.48. The number of hydrogen-bond donors (Lipinski definition) is 1. The van der Waals surface area contributed by atoms with Gasteiger partial charge in [0, 0.05) is 31.3 Å². The molecule has 0 aromatic carbocycles. The van der Waals surface area contributed by atoms with E-state index < -0.39 is 0 Å². The Hall–Kier alpha value is -2.08. The van der Waals surface area contributed by atoms with Gasteiger partial charge < -0.3 is 10.2 Å². The topological polar surface area (TPSA) is 53.9 Å². The zero-order valence-corrected chi connectivity index (χ0v) is 12.2. The molecule has 3 rings (SSSR count). The van der Waals surface area contributed by atoms with Gasteiger partial charge in [0.1, 0.15) is 18.0 Å². The van der Waals surface area contributed by atoms with Crippen LogP contribution in [0.5, 0.6) is 0 Å². The lowest BCUT2D eigenvalue weighted by Crippen LogP contribution is -2.29. The molecule has 0 aliphatic carbocycles. The highest BCUT2D eigenvalue weighted by Crippen LogP contribution is 2.25. The summed E-state index contributed by atoms with van der Waals surface area (Å²) < 4.78 is 13.8. The zero-order chi connectivity index (χ0) is 14.8. The monoisotopic (exact) mass is 287 g/mol. The van der Waals surface area contributed by atoms with Gasteiger partial charge in [0.25, 0.3) is 0 Å². The van der Waals surface area contributed by atoms with Crippen LogP contribution in [0.3, 0.4) is 0 Å². The number of fused-ring (bicyclic) bond motifs is 1. The maximum Gasteiger partial charge on any atom is 0.146 e. The van der Waals surface area contributed by atoms with Gasteiger partial charge >= 0.3 is 0 Å². The highest BCUT2D eigenvalue weighted by atomic mass is 19.1. The van der Waals surface area contributed by atoms with Gasteiger partial charge in [0.05, 0.1) is 17.4 Å². The Morgan fingerprint density at radius 3 is 3.00 bits per heavy atom. The number of aromatic nitrogens is 3. The first-order chi connectivity index (χ1) is 10.1. The minimum Gasteiger partial charge on any atom is -0.361 e. The van der Waals surface area contributed by atoms with Crippen LogP contribution in [0, 0.1) is 5.82 Å². The van der Waals surface area contributed by atoms with E-state index in [-0.39, 0.29) is 11.9 Å². The molecule has 110 valence electrons. The largest absolute Gasteiger partial charge is 0.361 e. The quantitative estimate of drug-likeness (QED) is 0.937. The van der Waals surface area contributed by atoms with E-state index in [0.717, 1.165) is 36.6 Å². The number of pyridine rings is 1. The Kier molecular flexibility index (Phi) is 3.79. The predicted octanol–water partition coefficient (Wildman–Crippen LogP) is 2.17. The second kappa shape index (κ2) is 5.73. The number of anilines is 1. The van der Waals surface area contributed by atoms with Gasteiger partial charge in [-0.1, -0.05) is 0 Å². The molecule has 1 atom stereocenters. The van der Waals surface area contributed by atoms with Crippen LogP contribution in [0.25, 0.3) is 0 Å². The Labute approximate surface area is 123 Å². The maximum atomic E-state index is 13.8. The SMILES string of the molecule is C[C@@H](Nc1ncnc2c1CN(C)CC2)c1ncccc1F. The average molecular weight is 287 g/mol. The van der Waals surface area contributed by atoms with Crippen LogP contribution in [-0.4, -0.2) is 33.4 Å².